The summed E-state index contributed by atoms with van der Waals surface area (Å²) in [5.41, 5.74) is 2.06. The second-order valence-corrected chi connectivity index (χ2v) is 5.21. The van der Waals surface area contributed by atoms with E-state index in [-0.39, 0.29) is 13.2 Å². The number of aliphatic hydroxyl groups excluding tert-OH is 1. The molecule has 0 saturated carbocycles. The number of ether oxygens (including phenoxy) is 1. The highest BCUT2D eigenvalue weighted by molar-refractivity contribution is 6.10. The summed E-state index contributed by atoms with van der Waals surface area (Å²) >= 11 is 0. The van der Waals surface area contributed by atoms with E-state index < -0.39 is 12.8 Å². The van der Waals surface area contributed by atoms with E-state index >= 15 is 0 Å². The van der Waals surface area contributed by atoms with Crippen molar-refractivity contribution in [2.24, 2.45) is 0 Å². The SMILES string of the molecule is O[C@@H](CNCC[18F])COc1cccc2[nH]c3ccccc3c12. The van der Waals surface area contributed by atoms with Gasteiger partial charge in [0, 0.05) is 29.4 Å². The Balaban J connectivity index is 1.79. The fourth-order valence-electron chi connectivity index (χ4n) is 2.57. The molecule has 1 atom stereocenters. The lowest BCUT2D eigenvalue weighted by molar-refractivity contribution is 0.107. The van der Waals surface area contributed by atoms with Gasteiger partial charge in [0.15, 0.2) is 0 Å². The molecular weight excluding hydrogens is 282 g/mol. The molecule has 0 unspecified atom stereocenters. The maximum absolute atomic E-state index is 12.0. The summed E-state index contributed by atoms with van der Waals surface area (Å²) in [4.78, 5) is 3.35. The van der Waals surface area contributed by atoms with Crippen LogP contribution >= 0.6 is 0 Å². The van der Waals surface area contributed by atoms with Crippen LogP contribution in [0.1, 0.15) is 0 Å². The van der Waals surface area contributed by atoms with E-state index in [2.05, 4.69) is 10.3 Å². The van der Waals surface area contributed by atoms with Crippen molar-refractivity contribution in [3.63, 3.8) is 0 Å². The van der Waals surface area contributed by atoms with Crippen LogP contribution in [0.25, 0.3) is 21.8 Å². The fourth-order valence-corrected chi connectivity index (χ4v) is 2.57. The molecule has 22 heavy (non-hydrogen) atoms. The van der Waals surface area contributed by atoms with Crippen LogP contribution in [0.5, 0.6) is 5.75 Å². The molecule has 4 nitrogen and oxygen atoms in total. The third kappa shape index (κ3) is 3.05. The molecule has 0 amide bonds. The Kier molecular flexibility index (Phi) is 4.56. The number of aliphatic hydroxyl groups is 1. The fraction of sp³-hybridized carbons (Fsp3) is 0.294. The van der Waals surface area contributed by atoms with Gasteiger partial charge in [0.25, 0.3) is 0 Å². The number of nitrogens with one attached hydrogen (secondary N) is 2. The largest absolute Gasteiger partial charge is 0.490 e. The molecule has 0 saturated heterocycles. The molecule has 0 bridgehead atoms. The van der Waals surface area contributed by atoms with E-state index in [1.54, 1.807) is 0 Å². The Bertz CT molecular complexity index is 757. The van der Waals surface area contributed by atoms with Crippen LogP contribution in [0.2, 0.25) is 0 Å². The van der Waals surface area contributed by atoms with E-state index in [4.69, 9.17) is 4.74 Å². The number of H-pyrrole nitrogens is 1. The standard InChI is InChI=1S/C17H19FN2O2/c18-8-9-19-10-12(21)11-22-16-7-3-6-15-17(16)13-4-1-2-5-14(13)20-15/h1-7,12,19-21H,8-11H2/t12-/m0/s1/i18-1. The van der Waals surface area contributed by atoms with Crippen molar-refractivity contribution in [3.05, 3.63) is 42.5 Å². The summed E-state index contributed by atoms with van der Waals surface area (Å²) < 4.78 is 17.8. The van der Waals surface area contributed by atoms with Crippen LogP contribution in [0.4, 0.5) is 4.39 Å². The summed E-state index contributed by atoms with van der Waals surface area (Å²) in [5.74, 6) is 0.736. The Morgan fingerprint density at radius 3 is 2.82 bits per heavy atom. The van der Waals surface area contributed by atoms with Crippen LogP contribution in [0, 0.1) is 0 Å². The van der Waals surface area contributed by atoms with Gasteiger partial charge < -0.3 is 20.1 Å². The van der Waals surface area contributed by atoms with Crippen molar-refractivity contribution in [1.82, 2.24) is 10.3 Å². The maximum atomic E-state index is 12.0. The minimum Gasteiger partial charge on any atom is -0.490 e. The second kappa shape index (κ2) is 6.77. The van der Waals surface area contributed by atoms with Crippen molar-refractivity contribution in [2.45, 2.75) is 6.10 Å². The smallest absolute Gasteiger partial charge is 0.129 e. The lowest BCUT2D eigenvalue weighted by atomic mass is 10.1. The molecular formula is C17H19FN2O2. The lowest BCUT2D eigenvalue weighted by Gasteiger charge is -2.13. The van der Waals surface area contributed by atoms with Crippen LogP contribution in [-0.4, -0.2) is 42.6 Å². The van der Waals surface area contributed by atoms with Gasteiger partial charge in [0.1, 0.15) is 25.1 Å². The summed E-state index contributed by atoms with van der Waals surface area (Å²) in [6.45, 7) is 0.281. The molecule has 0 aliphatic heterocycles. The molecule has 3 N–H and O–H groups in total. The topological polar surface area (TPSA) is 57.3 Å². The van der Waals surface area contributed by atoms with Crippen molar-refractivity contribution < 1.29 is 14.2 Å². The number of aromatic nitrogens is 1. The number of aromatic amines is 1. The average molecular weight is 301 g/mol. The maximum Gasteiger partial charge on any atom is 0.129 e. The zero-order chi connectivity index (χ0) is 15.4. The van der Waals surface area contributed by atoms with Gasteiger partial charge in [0.05, 0.1) is 5.52 Å². The van der Waals surface area contributed by atoms with Crippen LogP contribution in [0.15, 0.2) is 42.5 Å². The quantitative estimate of drug-likeness (QED) is 0.588. The van der Waals surface area contributed by atoms with Crippen molar-refractivity contribution in [1.29, 1.82) is 0 Å². The monoisotopic (exact) mass is 301 g/mol. The lowest BCUT2D eigenvalue weighted by Crippen LogP contribution is -2.32. The summed E-state index contributed by atoms with van der Waals surface area (Å²) in [6, 6.07) is 13.8. The van der Waals surface area contributed by atoms with Crippen molar-refractivity contribution in [3.8, 4) is 5.75 Å². The third-order valence-electron chi connectivity index (χ3n) is 3.57. The summed E-state index contributed by atoms with van der Waals surface area (Å²) in [7, 11) is 0. The van der Waals surface area contributed by atoms with Crippen LogP contribution < -0.4 is 10.1 Å². The zero-order valence-electron chi connectivity index (χ0n) is 12.2. The highest BCUT2D eigenvalue weighted by Gasteiger charge is 2.11. The van der Waals surface area contributed by atoms with Gasteiger partial charge >= 0.3 is 0 Å². The number of alkyl halides is 1. The van der Waals surface area contributed by atoms with Crippen molar-refractivity contribution in [2.75, 3.05) is 26.4 Å². The highest BCUT2D eigenvalue weighted by Crippen LogP contribution is 2.32. The Labute approximate surface area is 127 Å². The number of rotatable bonds is 7. The predicted octanol–water partition coefficient (Wildman–Crippen LogP) is 2.62. The first-order chi connectivity index (χ1) is 10.8. The molecule has 0 aliphatic rings. The summed E-state index contributed by atoms with van der Waals surface area (Å²) in [5, 5.41) is 14.8. The molecule has 3 aromatic rings. The first kappa shape index (κ1) is 14.8. The van der Waals surface area contributed by atoms with E-state index in [1.807, 2.05) is 42.5 Å². The molecule has 116 valence electrons. The Morgan fingerprint density at radius 2 is 1.95 bits per heavy atom. The van der Waals surface area contributed by atoms with Gasteiger partial charge in [-0.3, -0.25) is 0 Å². The minimum atomic E-state index is -0.674. The molecule has 5 heteroatoms. The van der Waals surface area contributed by atoms with E-state index in [1.165, 1.54) is 0 Å². The number of halogens is 1. The molecule has 0 radical (unpaired) electrons. The number of hydrogen-bond donors (Lipinski definition) is 3. The van der Waals surface area contributed by atoms with E-state index in [9.17, 15) is 9.50 Å². The minimum absolute atomic E-state index is 0.165. The molecule has 0 aliphatic carbocycles. The van der Waals surface area contributed by atoms with Gasteiger partial charge in [0.2, 0.25) is 0 Å². The molecule has 1 heterocycles. The number of para-hydroxylation sites is 1. The summed E-state index contributed by atoms with van der Waals surface area (Å²) in [6.07, 6.45) is -0.674. The average Bonchev–Trinajstić information content (AvgIpc) is 2.92. The van der Waals surface area contributed by atoms with Gasteiger partial charge in [-0.25, -0.2) is 4.39 Å². The number of fused-ring (bicyclic) bond motifs is 3. The van der Waals surface area contributed by atoms with E-state index in [0.29, 0.717) is 6.54 Å². The zero-order valence-corrected chi connectivity index (χ0v) is 12.2. The third-order valence-corrected chi connectivity index (χ3v) is 3.57. The molecule has 2 aromatic carbocycles. The number of hydrogen-bond acceptors (Lipinski definition) is 3. The second-order valence-electron chi connectivity index (χ2n) is 5.21. The Morgan fingerprint density at radius 1 is 1.14 bits per heavy atom. The van der Waals surface area contributed by atoms with E-state index in [0.717, 1.165) is 27.6 Å². The van der Waals surface area contributed by atoms with Crippen molar-refractivity contribution >= 4 is 21.8 Å². The molecule has 3 rings (SSSR count). The predicted molar refractivity (Wildman–Crippen MR) is 86.2 cm³/mol. The van der Waals surface area contributed by atoms with Gasteiger partial charge in [-0.15, -0.1) is 0 Å². The first-order valence-corrected chi connectivity index (χ1v) is 7.36. The normalized spacial score (nSPS) is 12.8. The Hall–Kier alpha value is -2.11. The number of benzene rings is 2. The van der Waals surface area contributed by atoms with Crippen LogP contribution in [0.3, 0.4) is 0 Å². The molecule has 0 fully saturated rings. The van der Waals surface area contributed by atoms with Gasteiger partial charge in [-0.05, 0) is 18.2 Å². The van der Waals surface area contributed by atoms with Gasteiger partial charge in [-0.1, -0.05) is 24.3 Å². The highest BCUT2D eigenvalue weighted by atomic mass is 18.2. The van der Waals surface area contributed by atoms with Gasteiger partial charge in [-0.2, -0.15) is 0 Å². The molecule has 0 spiro atoms. The van der Waals surface area contributed by atoms with Crippen LogP contribution in [-0.2, 0) is 0 Å². The first-order valence-electron chi connectivity index (χ1n) is 7.36. The molecule has 1 aromatic heterocycles.